The first-order chi connectivity index (χ1) is 15.2. The normalized spacial score (nSPS) is 22.7. The Kier molecular flexibility index (Phi) is 4.88. The van der Waals surface area contributed by atoms with E-state index in [9.17, 15) is 9.59 Å². The van der Waals surface area contributed by atoms with Crippen LogP contribution in [-0.4, -0.2) is 29.5 Å². The second kappa shape index (κ2) is 7.85. The van der Waals surface area contributed by atoms with Crippen molar-refractivity contribution < 1.29 is 19.2 Å². The first-order valence-corrected chi connectivity index (χ1v) is 10.2. The highest BCUT2D eigenvalue weighted by molar-refractivity contribution is 6.23. The van der Waals surface area contributed by atoms with Crippen LogP contribution in [0.5, 0.6) is 5.75 Å². The minimum Gasteiger partial charge on any atom is -0.494 e. The highest BCUT2D eigenvalue weighted by atomic mass is 16.7. The second-order valence-corrected chi connectivity index (χ2v) is 7.38. The van der Waals surface area contributed by atoms with Crippen LogP contribution in [0.3, 0.4) is 0 Å². The molecule has 0 radical (unpaired) electrons. The number of fused-ring (bicyclic) bond motifs is 1. The number of rotatable bonds is 5. The number of imide groups is 1. The highest BCUT2D eigenvalue weighted by Gasteiger charge is 2.60. The van der Waals surface area contributed by atoms with Crippen LogP contribution in [0.4, 0.5) is 11.4 Å². The predicted octanol–water partition coefficient (Wildman–Crippen LogP) is 3.53. The Morgan fingerprint density at radius 1 is 0.935 bits per heavy atom. The molecule has 2 fully saturated rings. The van der Waals surface area contributed by atoms with Gasteiger partial charge < -0.3 is 4.74 Å². The molecule has 5 rings (SSSR count). The summed E-state index contributed by atoms with van der Waals surface area (Å²) in [6.45, 7) is 2.44. The molecule has 0 bridgehead atoms. The summed E-state index contributed by atoms with van der Waals surface area (Å²) in [5.41, 5.74) is 2.10. The average Bonchev–Trinajstić information content (AvgIpc) is 3.32. The smallest absolute Gasteiger partial charge is 0.266 e. The summed E-state index contributed by atoms with van der Waals surface area (Å²) in [5.74, 6) is -0.647. The van der Waals surface area contributed by atoms with Crippen LogP contribution in [0, 0.1) is 5.92 Å². The summed E-state index contributed by atoms with van der Waals surface area (Å²) < 4.78 is 5.46. The van der Waals surface area contributed by atoms with E-state index in [-0.39, 0.29) is 11.8 Å². The summed E-state index contributed by atoms with van der Waals surface area (Å²) in [6.07, 6.45) is 2.49. The van der Waals surface area contributed by atoms with E-state index in [1.165, 1.54) is 4.90 Å². The molecule has 3 heterocycles. The number of pyridine rings is 1. The van der Waals surface area contributed by atoms with Gasteiger partial charge in [-0.3, -0.25) is 19.4 Å². The second-order valence-electron chi connectivity index (χ2n) is 7.38. The van der Waals surface area contributed by atoms with Crippen molar-refractivity contribution in [3.8, 4) is 5.75 Å². The number of carbonyl (C=O) groups excluding carboxylic acids is 2. The number of amides is 2. The molecule has 0 N–H and O–H groups in total. The van der Waals surface area contributed by atoms with Gasteiger partial charge in [-0.2, -0.15) is 0 Å². The number of nitrogens with zero attached hydrogens (tertiary/aromatic N) is 3. The Labute approximate surface area is 179 Å². The number of carbonyl (C=O) groups is 2. The van der Waals surface area contributed by atoms with Gasteiger partial charge in [-0.25, -0.2) is 9.96 Å². The molecule has 2 aliphatic rings. The van der Waals surface area contributed by atoms with Crippen LogP contribution in [0.25, 0.3) is 0 Å². The summed E-state index contributed by atoms with van der Waals surface area (Å²) in [4.78, 5) is 38.3. The monoisotopic (exact) mass is 415 g/mol. The van der Waals surface area contributed by atoms with Gasteiger partial charge in [0.2, 0.25) is 5.91 Å². The van der Waals surface area contributed by atoms with E-state index in [0.29, 0.717) is 18.0 Å². The van der Waals surface area contributed by atoms with Crippen molar-refractivity contribution >= 4 is 23.2 Å². The number of anilines is 2. The number of hydrogen-bond acceptors (Lipinski definition) is 6. The summed E-state index contributed by atoms with van der Waals surface area (Å²) >= 11 is 0. The van der Waals surface area contributed by atoms with E-state index in [0.717, 1.165) is 11.3 Å². The molecule has 31 heavy (non-hydrogen) atoms. The summed E-state index contributed by atoms with van der Waals surface area (Å²) in [5, 5.41) is 1.66. The number of aromatic nitrogens is 1. The first-order valence-electron chi connectivity index (χ1n) is 10.2. The molecule has 2 aliphatic heterocycles. The average molecular weight is 415 g/mol. The van der Waals surface area contributed by atoms with Gasteiger partial charge in [0.05, 0.1) is 24.0 Å². The number of para-hydroxylation sites is 1. The van der Waals surface area contributed by atoms with E-state index in [4.69, 9.17) is 9.57 Å². The SMILES string of the molecule is CCOc1ccc(N2C(=O)[C@@H]3[C@@H](c4cccnc4)N(c4ccccc4)O[C@H]3C2=O)cc1. The maximum atomic E-state index is 13.5. The van der Waals surface area contributed by atoms with E-state index in [1.54, 1.807) is 41.7 Å². The Balaban J connectivity index is 1.52. The van der Waals surface area contributed by atoms with Gasteiger partial charge in [0.15, 0.2) is 6.10 Å². The van der Waals surface area contributed by atoms with Crippen molar-refractivity contribution in [1.29, 1.82) is 0 Å². The lowest BCUT2D eigenvalue weighted by Gasteiger charge is -2.28. The molecule has 2 amide bonds. The molecule has 0 spiro atoms. The molecule has 1 aromatic heterocycles. The molecule has 7 nitrogen and oxygen atoms in total. The number of benzene rings is 2. The van der Waals surface area contributed by atoms with Crippen molar-refractivity contribution in [1.82, 2.24) is 4.98 Å². The fraction of sp³-hybridized carbons (Fsp3) is 0.208. The van der Waals surface area contributed by atoms with E-state index < -0.39 is 18.1 Å². The Morgan fingerprint density at radius 3 is 2.39 bits per heavy atom. The fourth-order valence-corrected chi connectivity index (χ4v) is 4.22. The first kappa shape index (κ1) is 19.3. The van der Waals surface area contributed by atoms with E-state index in [1.807, 2.05) is 49.4 Å². The number of hydroxylamine groups is 1. The lowest BCUT2D eigenvalue weighted by atomic mass is 9.91. The van der Waals surface area contributed by atoms with Crippen LogP contribution in [0.15, 0.2) is 79.1 Å². The van der Waals surface area contributed by atoms with Gasteiger partial charge in [0.25, 0.3) is 5.91 Å². The maximum absolute atomic E-state index is 13.5. The molecule has 0 saturated carbocycles. The molecule has 0 unspecified atom stereocenters. The molecular weight excluding hydrogens is 394 g/mol. The lowest BCUT2D eigenvalue weighted by Crippen LogP contribution is -2.37. The molecule has 156 valence electrons. The Hall–Kier alpha value is -3.71. The summed E-state index contributed by atoms with van der Waals surface area (Å²) in [6, 6.07) is 19.7. The highest BCUT2D eigenvalue weighted by Crippen LogP contribution is 2.47. The van der Waals surface area contributed by atoms with Gasteiger partial charge in [0.1, 0.15) is 11.7 Å². The zero-order valence-electron chi connectivity index (χ0n) is 16.9. The van der Waals surface area contributed by atoms with Gasteiger partial charge in [0, 0.05) is 12.4 Å². The third-order valence-electron chi connectivity index (χ3n) is 5.56. The Bertz CT molecular complexity index is 1090. The molecule has 7 heteroatoms. The zero-order chi connectivity index (χ0) is 21.4. The lowest BCUT2D eigenvalue weighted by molar-refractivity contribution is -0.126. The van der Waals surface area contributed by atoms with Crippen molar-refractivity contribution in [2.75, 3.05) is 16.6 Å². The van der Waals surface area contributed by atoms with Gasteiger partial charge in [-0.15, -0.1) is 0 Å². The third kappa shape index (κ3) is 3.23. The van der Waals surface area contributed by atoms with Crippen molar-refractivity contribution in [3.05, 3.63) is 84.7 Å². The molecule has 0 aliphatic carbocycles. The van der Waals surface area contributed by atoms with E-state index in [2.05, 4.69) is 4.98 Å². The minimum atomic E-state index is -0.899. The largest absolute Gasteiger partial charge is 0.494 e. The fourth-order valence-electron chi connectivity index (χ4n) is 4.22. The zero-order valence-corrected chi connectivity index (χ0v) is 16.9. The third-order valence-corrected chi connectivity index (χ3v) is 5.56. The van der Waals surface area contributed by atoms with Crippen LogP contribution >= 0.6 is 0 Å². The van der Waals surface area contributed by atoms with Crippen LogP contribution < -0.4 is 14.7 Å². The predicted molar refractivity (Wildman–Crippen MR) is 114 cm³/mol. The van der Waals surface area contributed by atoms with Crippen molar-refractivity contribution in [3.63, 3.8) is 0 Å². The molecule has 2 aromatic carbocycles. The van der Waals surface area contributed by atoms with Gasteiger partial charge in [-0.1, -0.05) is 24.3 Å². The van der Waals surface area contributed by atoms with Crippen molar-refractivity contribution in [2.24, 2.45) is 5.92 Å². The van der Waals surface area contributed by atoms with Crippen LogP contribution in [0.1, 0.15) is 18.5 Å². The standard InChI is InChI=1S/C24H21N3O4/c1-2-30-19-12-10-17(11-13-19)26-23(28)20-21(16-7-6-14-25-15-16)27(31-22(20)24(26)29)18-8-4-3-5-9-18/h3-15,20-22H,2H2,1H3/t20-,21-,22-/m1/s1. The van der Waals surface area contributed by atoms with Gasteiger partial charge >= 0.3 is 0 Å². The molecule has 3 aromatic rings. The summed E-state index contributed by atoms with van der Waals surface area (Å²) in [7, 11) is 0. The van der Waals surface area contributed by atoms with Crippen molar-refractivity contribution in [2.45, 2.75) is 19.1 Å². The van der Waals surface area contributed by atoms with Crippen LogP contribution in [-0.2, 0) is 14.4 Å². The van der Waals surface area contributed by atoms with Gasteiger partial charge in [-0.05, 0) is 55.0 Å². The Morgan fingerprint density at radius 2 is 1.71 bits per heavy atom. The quantitative estimate of drug-likeness (QED) is 0.594. The van der Waals surface area contributed by atoms with Crippen LogP contribution in [0.2, 0.25) is 0 Å². The van der Waals surface area contributed by atoms with E-state index >= 15 is 0 Å². The topological polar surface area (TPSA) is 72.0 Å². The number of ether oxygens (including phenoxy) is 1. The minimum absolute atomic E-state index is 0.286. The molecular formula is C24H21N3O4. The molecule has 2 saturated heterocycles. The molecule has 3 atom stereocenters. The maximum Gasteiger partial charge on any atom is 0.266 e. The number of hydrogen-bond donors (Lipinski definition) is 0.